The summed E-state index contributed by atoms with van der Waals surface area (Å²) in [6, 6.07) is 3.67. The molecule has 4 rings (SSSR count). The molecule has 0 aromatic heterocycles. The molecular weight excluding hydrogens is 425 g/mol. The fourth-order valence-electron chi connectivity index (χ4n) is 3.95. The number of hydrogen-bond acceptors (Lipinski definition) is 5. The van der Waals surface area contributed by atoms with Gasteiger partial charge in [-0.2, -0.15) is 5.10 Å². The number of likely N-dealkylation sites (N-methyl/N-ethyl adjacent to an activating group) is 1. The lowest BCUT2D eigenvalue weighted by atomic mass is 9.91. The van der Waals surface area contributed by atoms with E-state index in [1.165, 1.54) is 18.2 Å². The molecule has 1 saturated carbocycles. The van der Waals surface area contributed by atoms with E-state index >= 15 is 0 Å². The van der Waals surface area contributed by atoms with Crippen molar-refractivity contribution in [2.45, 2.75) is 31.7 Å². The number of urea groups is 1. The number of ether oxygens (including phenoxy) is 1. The quantitative estimate of drug-likeness (QED) is 0.723. The normalized spacial score (nSPS) is 21.2. The van der Waals surface area contributed by atoms with Gasteiger partial charge in [0.25, 0.3) is 5.91 Å². The molecule has 2 fully saturated rings. The van der Waals surface area contributed by atoms with Gasteiger partial charge in [0, 0.05) is 38.9 Å². The van der Waals surface area contributed by atoms with Crippen molar-refractivity contribution in [2.75, 3.05) is 38.7 Å². The van der Waals surface area contributed by atoms with E-state index in [-0.39, 0.29) is 28.4 Å². The predicted molar refractivity (Wildman–Crippen MR) is 116 cm³/mol. The van der Waals surface area contributed by atoms with Gasteiger partial charge in [0.1, 0.15) is 11.5 Å². The van der Waals surface area contributed by atoms with Gasteiger partial charge in [-0.1, -0.05) is 11.6 Å². The summed E-state index contributed by atoms with van der Waals surface area (Å²) < 4.78 is 18.9. The van der Waals surface area contributed by atoms with Crippen LogP contribution in [0.3, 0.4) is 0 Å². The number of carbonyl (C=O) groups is 2. The first kappa shape index (κ1) is 21.7. The molecule has 1 saturated heterocycles. The van der Waals surface area contributed by atoms with Crippen molar-refractivity contribution < 1.29 is 18.7 Å². The maximum Gasteiger partial charge on any atom is 0.321 e. The molecule has 1 N–H and O–H groups in total. The molecule has 0 radical (unpaired) electrons. The van der Waals surface area contributed by atoms with Crippen LogP contribution in [0.4, 0.5) is 14.9 Å². The fraction of sp³-hybridized carbons (Fsp3) is 0.524. The highest BCUT2D eigenvalue weighted by atomic mass is 35.5. The fourth-order valence-corrected chi connectivity index (χ4v) is 4.13. The van der Waals surface area contributed by atoms with Gasteiger partial charge in [0.05, 0.1) is 28.8 Å². The van der Waals surface area contributed by atoms with Gasteiger partial charge in [-0.05, 0) is 38.0 Å². The Morgan fingerprint density at radius 2 is 2.16 bits per heavy atom. The number of nitrogens with zero attached hydrogens (tertiary/aromatic N) is 4. The summed E-state index contributed by atoms with van der Waals surface area (Å²) in [6.07, 6.45) is 2.33. The summed E-state index contributed by atoms with van der Waals surface area (Å²) in [7, 11) is 1.78. The molecule has 0 bridgehead atoms. The second kappa shape index (κ2) is 8.55. The van der Waals surface area contributed by atoms with E-state index in [4.69, 9.17) is 16.3 Å². The van der Waals surface area contributed by atoms with Gasteiger partial charge in [0.2, 0.25) is 0 Å². The predicted octanol–water partition coefficient (Wildman–Crippen LogP) is 3.17. The number of anilines is 1. The molecule has 10 heteroatoms. The minimum atomic E-state index is -0.550. The van der Waals surface area contributed by atoms with E-state index in [2.05, 4.69) is 15.5 Å². The molecule has 2 heterocycles. The zero-order chi connectivity index (χ0) is 22.2. The van der Waals surface area contributed by atoms with Crippen molar-refractivity contribution >= 4 is 40.6 Å². The lowest BCUT2D eigenvalue weighted by Gasteiger charge is -2.33. The van der Waals surface area contributed by atoms with Crippen molar-refractivity contribution in [3.05, 3.63) is 29.0 Å². The van der Waals surface area contributed by atoms with Crippen LogP contribution in [0.2, 0.25) is 5.02 Å². The Kier molecular flexibility index (Phi) is 5.98. The maximum absolute atomic E-state index is 13.4. The number of fused-ring (bicyclic) bond motifs is 1. The standard InChI is InChI=1S/C21H25ClFN5O3/c1-3-31-12-21(7-8-21)27(2)19(29)18-14-11-28(9-6-17(14)25-26-18)20(30)24-13-4-5-16(23)15(22)10-13/h4-5,10,14H,3,6-9,11-12H2,1-2H3,(H,24,30). The summed E-state index contributed by atoms with van der Waals surface area (Å²) >= 11 is 5.79. The summed E-state index contributed by atoms with van der Waals surface area (Å²) in [5.74, 6) is -1.05. The number of halogens is 2. The summed E-state index contributed by atoms with van der Waals surface area (Å²) in [4.78, 5) is 29.3. The number of likely N-dealkylation sites (tertiary alicyclic amines) is 1. The lowest BCUT2D eigenvalue weighted by Crippen LogP contribution is -2.52. The zero-order valence-electron chi connectivity index (χ0n) is 17.5. The third kappa shape index (κ3) is 4.29. The van der Waals surface area contributed by atoms with Crippen molar-refractivity contribution in [3.8, 4) is 0 Å². The van der Waals surface area contributed by atoms with E-state index < -0.39 is 5.82 Å². The molecule has 31 heavy (non-hydrogen) atoms. The summed E-state index contributed by atoms with van der Waals surface area (Å²) in [5, 5.41) is 11.1. The van der Waals surface area contributed by atoms with Crippen LogP contribution in [-0.4, -0.2) is 72.1 Å². The molecule has 3 aliphatic rings. The highest BCUT2D eigenvalue weighted by molar-refractivity contribution is 6.44. The SMILES string of the molecule is CCOCC1(N(C)C(=O)C2=NN=C3CCN(C(=O)Nc4ccc(F)c(Cl)c4)CC32)CC1. The second-order valence-corrected chi connectivity index (χ2v) is 8.52. The van der Waals surface area contributed by atoms with Gasteiger partial charge >= 0.3 is 6.03 Å². The largest absolute Gasteiger partial charge is 0.379 e. The Balaban J connectivity index is 1.41. The smallest absolute Gasteiger partial charge is 0.321 e. The molecule has 166 valence electrons. The third-order valence-corrected chi connectivity index (χ3v) is 6.44. The number of carbonyl (C=O) groups excluding carboxylic acids is 2. The Morgan fingerprint density at radius 1 is 1.39 bits per heavy atom. The Morgan fingerprint density at radius 3 is 2.84 bits per heavy atom. The molecule has 8 nitrogen and oxygen atoms in total. The van der Waals surface area contributed by atoms with Crippen LogP contribution < -0.4 is 5.32 Å². The lowest BCUT2D eigenvalue weighted by molar-refractivity contribution is -0.127. The third-order valence-electron chi connectivity index (χ3n) is 6.15. The van der Waals surface area contributed by atoms with Crippen molar-refractivity contribution in [2.24, 2.45) is 16.1 Å². The van der Waals surface area contributed by atoms with Crippen LogP contribution in [0, 0.1) is 11.7 Å². The van der Waals surface area contributed by atoms with Crippen LogP contribution >= 0.6 is 11.6 Å². The monoisotopic (exact) mass is 449 g/mol. The van der Waals surface area contributed by atoms with Gasteiger partial charge < -0.3 is 19.9 Å². The van der Waals surface area contributed by atoms with Crippen LogP contribution in [-0.2, 0) is 9.53 Å². The average molecular weight is 450 g/mol. The Hall–Kier alpha value is -2.52. The number of benzene rings is 1. The highest BCUT2D eigenvalue weighted by Crippen LogP contribution is 2.41. The zero-order valence-corrected chi connectivity index (χ0v) is 18.3. The van der Waals surface area contributed by atoms with Crippen LogP contribution in [0.1, 0.15) is 26.2 Å². The first-order valence-corrected chi connectivity index (χ1v) is 10.7. The van der Waals surface area contributed by atoms with Gasteiger partial charge in [-0.3, -0.25) is 4.79 Å². The van der Waals surface area contributed by atoms with E-state index in [9.17, 15) is 14.0 Å². The minimum absolute atomic E-state index is 0.0641. The molecule has 0 spiro atoms. The minimum Gasteiger partial charge on any atom is -0.379 e. The van der Waals surface area contributed by atoms with Crippen molar-refractivity contribution in [1.29, 1.82) is 0 Å². The molecule has 1 aromatic carbocycles. The maximum atomic E-state index is 13.4. The first-order chi connectivity index (χ1) is 14.8. The van der Waals surface area contributed by atoms with Gasteiger partial charge in [-0.15, -0.1) is 5.10 Å². The Bertz CT molecular complexity index is 962. The number of hydrogen-bond donors (Lipinski definition) is 1. The van der Waals surface area contributed by atoms with E-state index in [0.717, 1.165) is 18.6 Å². The van der Waals surface area contributed by atoms with E-state index in [1.54, 1.807) is 16.8 Å². The summed E-state index contributed by atoms with van der Waals surface area (Å²) in [5.41, 5.74) is 1.31. The van der Waals surface area contributed by atoms with Crippen molar-refractivity contribution in [3.63, 3.8) is 0 Å². The van der Waals surface area contributed by atoms with E-state index in [1.807, 2.05) is 6.92 Å². The van der Waals surface area contributed by atoms with Gasteiger partial charge in [-0.25, -0.2) is 9.18 Å². The second-order valence-electron chi connectivity index (χ2n) is 8.11. The number of nitrogens with one attached hydrogen (secondary N) is 1. The summed E-state index contributed by atoms with van der Waals surface area (Å²) in [6.45, 7) is 3.80. The number of rotatable bonds is 6. The first-order valence-electron chi connectivity index (χ1n) is 10.4. The van der Waals surface area contributed by atoms with Crippen LogP contribution in [0.5, 0.6) is 0 Å². The topological polar surface area (TPSA) is 86.6 Å². The molecule has 3 amide bonds. The molecule has 2 aliphatic heterocycles. The average Bonchev–Trinajstić information content (AvgIpc) is 3.44. The van der Waals surface area contributed by atoms with Crippen molar-refractivity contribution in [1.82, 2.24) is 9.80 Å². The Labute approximate surface area is 185 Å². The molecule has 1 aromatic rings. The molecule has 1 aliphatic carbocycles. The van der Waals surface area contributed by atoms with Crippen LogP contribution in [0.25, 0.3) is 0 Å². The van der Waals surface area contributed by atoms with Gasteiger partial charge in [0.15, 0.2) is 0 Å². The number of amides is 3. The molecular formula is C21H25ClFN5O3. The highest BCUT2D eigenvalue weighted by Gasteiger charge is 2.51. The number of piperidine rings is 1. The molecule has 1 unspecified atom stereocenters. The molecule has 1 atom stereocenters. The van der Waals surface area contributed by atoms with Crippen LogP contribution in [0.15, 0.2) is 28.4 Å². The van der Waals surface area contributed by atoms with E-state index in [0.29, 0.717) is 44.1 Å².